The summed E-state index contributed by atoms with van der Waals surface area (Å²) >= 11 is 0. The van der Waals surface area contributed by atoms with Gasteiger partial charge >= 0.3 is 6.03 Å². The number of hydrogen-bond donors (Lipinski definition) is 2. The van der Waals surface area contributed by atoms with Gasteiger partial charge in [0.15, 0.2) is 0 Å². The number of rotatable bonds is 7. The third-order valence-electron chi connectivity index (χ3n) is 3.26. The second kappa shape index (κ2) is 8.68. The average Bonchev–Trinajstić information content (AvgIpc) is 2.57. The Morgan fingerprint density at radius 3 is 2.52 bits per heavy atom. The maximum atomic E-state index is 11.7. The third kappa shape index (κ3) is 5.90. The highest BCUT2D eigenvalue weighted by Gasteiger charge is 2.01. The first-order chi connectivity index (χ1) is 11.2. The van der Waals surface area contributed by atoms with Crippen molar-refractivity contribution in [3.63, 3.8) is 0 Å². The minimum Gasteiger partial charge on any atom is -0.497 e. The van der Waals surface area contributed by atoms with E-state index in [9.17, 15) is 4.79 Å². The standard InChI is InChI=1S/C18H22N2O3/c1-14-4-3-5-17(12-14)23-11-10-19-18(21)20-13-15-6-8-16(22-2)9-7-15/h3-9,12H,10-11,13H2,1-2H3,(H2,19,20,21). The zero-order chi connectivity index (χ0) is 16.5. The van der Waals surface area contributed by atoms with Crippen molar-refractivity contribution in [2.45, 2.75) is 13.5 Å². The van der Waals surface area contributed by atoms with E-state index in [1.165, 1.54) is 0 Å². The number of benzene rings is 2. The van der Waals surface area contributed by atoms with E-state index in [-0.39, 0.29) is 6.03 Å². The van der Waals surface area contributed by atoms with E-state index in [1.807, 2.05) is 55.5 Å². The first-order valence-corrected chi connectivity index (χ1v) is 7.51. The van der Waals surface area contributed by atoms with E-state index in [4.69, 9.17) is 9.47 Å². The molecule has 0 fully saturated rings. The van der Waals surface area contributed by atoms with Crippen molar-refractivity contribution in [3.8, 4) is 11.5 Å². The summed E-state index contributed by atoms with van der Waals surface area (Å²) in [5.41, 5.74) is 2.16. The van der Waals surface area contributed by atoms with Crippen LogP contribution in [0.25, 0.3) is 0 Å². The van der Waals surface area contributed by atoms with Gasteiger partial charge in [-0.05, 0) is 42.3 Å². The van der Waals surface area contributed by atoms with E-state index >= 15 is 0 Å². The molecule has 5 heteroatoms. The highest BCUT2D eigenvalue weighted by Crippen LogP contribution is 2.12. The van der Waals surface area contributed by atoms with Crippen LogP contribution in [0.3, 0.4) is 0 Å². The topological polar surface area (TPSA) is 59.6 Å². The average molecular weight is 314 g/mol. The molecular formula is C18H22N2O3. The lowest BCUT2D eigenvalue weighted by atomic mass is 10.2. The molecule has 0 atom stereocenters. The van der Waals surface area contributed by atoms with Crippen LogP contribution < -0.4 is 20.1 Å². The molecule has 2 aromatic rings. The van der Waals surface area contributed by atoms with Crippen LogP contribution >= 0.6 is 0 Å². The van der Waals surface area contributed by atoms with Crippen molar-refractivity contribution >= 4 is 6.03 Å². The molecule has 0 spiro atoms. The van der Waals surface area contributed by atoms with E-state index < -0.39 is 0 Å². The Labute approximate surface area is 136 Å². The van der Waals surface area contributed by atoms with E-state index in [2.05, 4.69) is 10.6 Å². The molecule has 0 saturated heterocycles. The summed E-state index contributed by atoms with van der Waals surface area (Å²) in [6.07, 6.45) is 0. The molecule has 0 aliphatic rings. The largest absolute Gasteiger partial charge is 0.497 e. The molecule has 0 bridgehead atoms. The summed E-state index contributed by atoms with van der Waals surface area (Å²) in [7, 11) is 1.62. The molecule has 2 N–H and O–H groups in total. The van der Waals surface area contributed by atoms with Crippen molar-refractivity contribution < 1.29 is 14.3 Å². The number of carbonyl (C=O) groups excluding carboxylic acids is 1. The minimum absolute atomic E-state index is 0.214. The number of urea groups is 1. The third-order valence-corrected chi connectivity index (χ3v) is 3.26. The summed E-state index contributed by atoms with van der Waals surface area (Å²) in [5.74, 6) is 1.61. The Morgan fingerprint density at radius 1 is 1.04 bits per heavy atom. The molecule has 2 aromatic carbocycles. The molecule has 2 rings (SSSR count). The quantitative estimate of drug-likeness (QED) is 0.773. The van der Waals surface area contributed by atoms with Crippen LogP contribution in [0.4, 0.5) is 4.79 Å². The number of methoxy groups -OCH3 is 1. The van der Waals surface area contributed by atoms with Gasteiger partial charge in [-0.2, -0.15) is 0 Å². The number of ether oxygens (including phenoxy) is 2. The molecule has 0 heterocycles. The van der Waals surface area contributed by atoms with Crippen molar-refractivity contribution in [2.75, 3.05) is 20.3 Å². The fourth-order valence-corrected chi connectivity index (χ4v) is 2.03. The van der Waals surface area contributed by atoms with Crippen LogP contribution in [-0.2, 0) is 6.54 Å². The van der Waals surface area contributed by atoms with Crippen LogP contribution in [0.5, 0.6) is 11.5 Å². The first kappa shape index (κ1) is 16.7. The van der Waals surface area contributed by atoms with Gasteiger partial charge in [0, 0.05) is 6.54 Å². The zero-order valence-electron chi connectivity index (χ0n) is 13.5. The second-order valence-electron chi connectivity index (χ2n) is 5.12. The lowest BCUT2D eigenvalue weighted by molar-refractivity contribution is 0.236. The van der Waals surface area contributed by atoms with Crippen molar-refractivity contribution in [1.82, 2.24) is 10.6 Å². The highest BCUT2D eigenvalue weighted by molar-refractivity contribution is 5.73. The molecule has 2 amide bonds. The molecular weight excluding hydrogens is 292 g/mol. The summed E-state index contributed by atoms with van der Waals surface area (Å²) < 4.78 is 10.7. The summed E-state index contributed by atoms with van der Waals surface area (Å²) in [6, 6.07) is 15.2. The molecule has 0 saturated carbocycles. The fraction of sp³-hybridized carbons (Fsp3) is 0.278. The maximum Gasteiger partial charge on any atom is 0.315 e. The van der Waals surface area contributed by atoms with Crippen LogP contribution in [-0.4, -0.2) is 26.3 Å². The number of amides is 2. The Morgan fingerprint density at radius 2 is 1.83 bits per heavy atom. The van der Waals surface area contributed by atoms with Crippen LogP contribution in [0, 0.1) is 6.92 Å². The number of carbonyl (C=O) groups is 1. The molecule has 0 aliphatic heterocycles. The second-order valence-corrected chi connectivity index (χ2v) is 5.12. The molecule has 0 radical (unpaired) electrons. The highest BCUT2D eigenvalue weighted by atomic mass is 16.5. The molecule has 0 aliphatic carbocycles. The van der Waals surface area contributed by atoms with Gasteiger partial charge in [0.1, 0.15) is 18.1 Å². The molecule has 0 aromatic heterocycles. The Hall–Kier alpha value is -2.69. The number of hydrogen-bond acceptors (Lipinski definition) is 3. The van der Waals surface area contributed by atoms with Gasteiger partial charge in [0.05, 0.1) is 13.7 Å². The maximum absolute atomic E-state index is 11.7. The minimum atomic E-state index is -0.214. The lowest BCUT2D eigenvalue weighted by Crippen LogP contribution is -2.37. The van der Waals surface area contributed by atoms with Gasteiger partial charge in [-0.15, -0.1) is 0 Å². The monoisotopic (exact) mass is 314 g/mol. The van der Waals surface area contributed by atoms with Crippen molar-refractivity contribution in [3.05, 3.63) is 59.7 Å². The lowest BCUT2D eigenvalue weighted by Gasteiger charge is -2.10. The molecule has 5 nitrogen and oxygen atoms in total. The fourth-order valence-electron chi connectivity index (χ4n) is 2.03. The number of aryl methyl sites for hydroxylation is 1. The number of nitrogens with one attached hydrogen (secondary N) is 2. The van der Waals surface area contributed by atoms with Gasteiger partial charge in [0.25, 0.3) is 0 Å². The van der Waals surface area contributed by atoms with Crippen LogP contribution in [0.15, 0.2) is 48.5 Å². The first-order valence-electron chi connectivity index (χ1n) is 7.51. The Balaban J connectivity index is 1.63. The Kier molecular flexibility index (Phi) is 6.29. The summed E-state index contributed by atoms with van der Waals surface area (Å²) in [5, 5.41) is 5.56. The van der Waals surface area contributed by atoms with Gasteiger partial charge in [-0.25, -0.2) is 4.79 Å². The van der Waals surface area contributed by atoms with Crippen LogP contribution in [0.1, 0.15) is 11.1 Å². The smallest absolute Gasteiger partial charge is 0.315 e. The molecule has 23 heavy (non-hydrogen) atoms. The Bertz CT molecular complexity index is 626. The molecule has 0 unspecified atom stereocenters. The van der Waals surface area contributed by atoms with Crippen molar-refractivity contribution in [2.24, 2.45) is 0 Å². The van der Waals surface area contributed by atoms with Crippen LogP contribution in [0.2, 0.25) is 0 Å². The van der Waals surface area contributed by atoms with Crippen molar-refractivity contribution in [1.29, 1.82) is 0 Å². The predicted molar refractivity (Wildman–Crippen MR) is 89.9 cm³/mol. The van der Waals surface area contributed by atoms with E-state index in [0.717, 1.165) is 22.6 Å². The van der Waals surface area contributed by atoms with E-state index in [0.29, 0.717) is 19.7 Å². The van der Waals surface area contributed by atoms with E-state index in [1.54, 1.807) is 7.11 Å². The van der Waals surface area contributed by atoms with Gasteiger partial charge in [0.2, 0.25) is 0 Å². The zero-order valence-corrected chi connectivity index (χ0v) is 13.5. The summed E-state index contributed by atoms with van der Waals surface area (Å²) in [6.45, 7) is 3.36. The van der Waals surface area contributed by atoms with Gasteiger partial charge in [-0.3, -0.25) is 0 Å². The van der Waals surface area contributed by atoms with Gasteiger partial charge in [-0.1, -0.05) is 24.3 Å². The predicted octanol–water partition coefficient (Wildman–Crippen LogP) is 2.88. The van der Waals surface area contributed by atoms with Gasteiger partial charge < -0.3 is 20.1 Å². The SMILES string of the molecule is COc1ccc(CNC(=O)NCCOc2cccc(C)c2)cc1. The normalized spacial score (nSPS) is 10.0. The molecule has 122 valence electrons. The summed E-state index contributed by atoms with van der Waals surface area (Å²) in [4.78, 5) is 11.7.